The molecule has 0 radical (unpaired) electrons. The molecule has 1 aliphatic carbocycles. The standard InChI is InChI=1S/C17H19NO5/c19-15(10-5-7-11(8-6-10)16(20)21)18-13-4-2-1-3-12(13)9-14(18)17(22)23/h5-8,12-14H,1-4,9H2,(H,20,21)(H,22,23). The number of carboxylic acids is 2. The average molecular weight is 317 g/mol. The fourth-order valence-electron chi connectivity index (χ4n) is 3.88. The fraction of sp³-hybridized carbons (Fsp3) is 0.471. The summed E-state index contributed by atoms with van der Waals surface area (Å²) in [4.78, 5) is 36.8. The Morgan fingerprint density at radius 1 is 0.957 bits per heavy atom. The molecule has 0 bridgehead atoms. The SMILES string of the molecule is O=C(O)c1ccc(C(=O)N2C(C(=O)O)CC3CCCCC32)cc1. The summed E-state index contributed by atoms with van der Waals surface area (Å²) in [5.74, 6) is -2.08. The first kappa shape index (κ1) is 15.5. The first-order chi connectivity index (χ1) is 11.0. The zero-order valence-electron chi connectivity index (χ0n) is 12.6. The number of benzene rings is 1. The number of carbonyl (C=O) groups is 3. The van der Waals surface area contributed by atoms with E-state index in [2.05, 4.69) is 0 Å². The van der Waals surface area contributed by atoms with Crippen LogP contribution in [0.3, 0.4) is 0 Å². The Morgan fingerprint density at radius 3 is 2.17 bits per heavy atom. The van der Waals surface area contributed by atoms with Crippen molar-refractivity contribution < 1.29 is 24.6 Å². The van der Waals surface area contributed by atoms with Crippen LogP contribution < -0.4 is 0 Å². The van der Waals surface area contributed by atoms with E-state index in [0.717, 1.165) is 25.7 Å². The van der Waals surface area contributed by atoms with Crippen molar-refractivity contribution in [3.63, 3.8) is 0 Å². The number of fused-ring (bicyclic) bond motifs is 1. The molecular formula is C17H19NO5. The van der Waals surface area contributed by atoms with Crippen molar-refractivity contribution in [3.05, 3.63) is 35.4 Å². The van der Waals surface area contributed by atoms with Crippen molar-refractivity contribution >= 4 is 17.8 Å². The summed E-state index contributed by atoms with van der Waals surface area (Å²) in [6, 6.07) is 4.87. The summed E-state index contributed by atoms with van der Waals surface area (Å²) in [7, 11) is 0. The van der Waals surface area contributed by atoms with Crippen molar-refractivity contribution in [1.82, 2.24) is 4.90 Å². The van der Waals surface area contributed by atoms with Crippen LogP contribution in [0, 0.1) is 5.92 Å². The van der Waals surface area contributed by atoms with Gasteiger partial charge in [-0.3, -0.25) is 4.79 Å². The van der Waals surface area contributed by atoms with Gasteiger partial charge in [0.1, 0.15) is 6.04 Å². The molecule has 3 atom stereocenters. The van der Waals surface area contributed by atoms with Crippen LogP contribution in [0.25, 0.3) is 0 Å². The van der Waals surface area contributed by atoms with Crippen molar-refractivity contribution in [2.75, 3.05) is 0 Å². The molecule has 1 saturated carbocycles. The number of likely N-dealkylation sites (tertiary alicyclic amines) is 1. The lowest BCUT2D eigenvalue weighted by Crippen LogP contribution is -2.46. The number of nitrogens with zero attached hydrogens (tertiary/aromatic N) is 1. The zero-order chi connectivity index (χ0) is 16.6. The van der Waals surface area contributed by atoms with Crippen LogP contribution in [0.5, 0.6) is 0 Å². The molecule has 23 heavy (non-hydrogen) atoms. The molecule has 1 amide bonds. The van der Waals surface area contributed by atoms with Crippen LogP contribution in [0.15, 0.2) is 24.3 Å². The molecule has 2 aliphatic rings. The highest BCUT2D eigenvalue weighted by Gasteiger charge is 2.47. The molecule has 0 spiro atoms. The number of aromatic carboxylic acids is 1. The molecule has 3 rings (SSSR count). The second-order valence-electron chi connectivity index (χ2n) is 6.30. The van der Waals surface area contributed by atoms with Crippen molar-refractivity contribution in [2.24, 2.45) is 5.92 Å². The molecule has 6 nitrogen and oxygen atoms in total. The minimum atomic E-state index is -1.05. The molecule has 6 heteroatoms. The van der Waals surface area contributed by atoms with Gasteiger partial charge in [0.25, 0.3) is 5.91 Å². The van der Waals surface area contributed by atoms with Gasteiger partial charge < -0.3 is 15.1 Å². The molecule has 1 aromatic rings. The van der Waals surface area contributed by atoms with Crippen LogP contribution in [0.2, 0.25) is 0 Å². The van der Waals surface area contributed by atoms with Crippen LogP contribution in [-0.2, 0) is 4.79 Å². The first-order valence-electron chi connectivity index (χ1n) is 7.88. The molecule has 2 fully saturated rings. The van der Waals surface area contributed by atoms with E-state index < -0.39 is 18.0 Å². The van der Waals surface area contributed by atoms with E-state index in [1.54, 1.807) is 0 Å². The lowest BCUT2D eigenvalue weighted by molar-refractivity contribution is -0.141. The third-order valence-electron chi connectivity index (χ3n) is 4.99. The second kappa shape index (κ2) is 6.02. The number of amides is 1. The van der Waals surface area contributed by atoms with Gasteiger partial charge in [0.15, 0.2) is 0 Å². The van der Waals surface area contributed by atoms with E-state index in [0.29, 0.717) is 12.0 Å². The van der Waals surface area contributed by atoms with Gasteiger partial charge in [-0.25, -0.2) is 9.59 Å². The predicted octanol–water partition coefficient (Wildman–Crippen LogP) is 2.24. The Labute approximate surface area is 133 Å². The lowest BCUT2D eigenvalue weighted by Gasteiger charge is -2.33. The normalized spacial score (nSPS) is 26.6. The maximum atomic E-state index is 12.8. The quantitative estimate of drug-likeness (QED) is 0.891. The van der Waals surface area contributed by atoms with E-state index in [4.69, 9.17) is 5.11 Å². The Balaban J connectivity index is 1.88. The predicted molar refractivity (Wildman–Crippen MR) is 81.4 cm³/mol. The number of carbonyl (C=O) groups excluding carboxylic acids is 1. The number of hydrogen-bond acceptors (Lipinski definition) is 3. The maximum absolute atomic E-state index is 12.8. The van der Waals surface area contributed by atoms with Crippen LogP contribution >= 0.6 is 0 Å². The van der Waals surface area contributed by atoms with Gasteiger partial charge in [-0.05, 0) is 49.4 Å². The molecule has 1 aliphatic heterocycles. The minimum Gasteiger partial charge on any atom is -0.480 e. The van der Waals surface area contributed by atoms with Gasteiger partial charge in [0.05, 0.1) is 5.56 Å². The van der Waals surface area contributed by atoms with Crippen LogP contribution in [0.1, 0.15) is 52.8 Å². The molecule has 1 saturated heterocycles. The van der Waals surface area contributed by atoms with Gasteiger partial charge in [0, 0.05) is 11.6 Å². The lowest BCUT2D eigenvalue weighted by atomic mass is 9.84. The van der Waals surface area contributed by atoms with Crippen LogP contribution in [0.4, 0.5) is 0 Å². The Kier molecular flexibility index (Phi) is 4.07. The summed E-state index contributed by atoms with van der Waals surface area (Å²) in [5.41, 5.74) is 0.445. The third-order valence-corrected chi connectivity index (χ3v) is 4.99. The Bertz CT molecular complexity index is 639. The largest absolute Gasteiger partial charge is 0.480 e. The summed E-state index contributed by atoms with van der Waals surface area (Å²) in [5, 5.41) is 18.4. The summed E-state index contributed by atoms with van der Waals surface area (Å²) >= 11 is 0. The topological polar surface area (TPSA) is 94.9 Å². The molecule has 3 unspecified atom stereocenters. The van der Waals surface area contributed by atoms with E-state index in [1.165, 1.54) is 29.2 Å². The van der Waals surface area contributed by atoms with E-state index in [-0.39, 0.29) is 23.4 Å². The summed E-state index contributed by atoms with van der Waals surface area (Å²) < 4.78 is 0. The van der Waals surface area contributed by atoms with E-state index >= 15 is 0 Å². The number of rotatable bonds is 3. The first-order valence-corrected chi connectivity index (χ1v) is 7.88. The number of carboxylic acid groups (broad SMARTS) is 2. The highest BCUT2D eigenvalue weighted by molar-refractivity contribution is 5.98. The van der Waals surface area contributed by atoms with Gasteiger partial charge in [-0.1, -0.05) is 12.8 Å². The zero-order valence-corrected chi connectivity index (χ0v) is 12.6. The van der Waals surface area contributed by atoms with Gasteiger partial charge in [-0.15, -0.1) is 0 Å². The monoisotopic (exact) mass is 317 g/mol. The average Bonchev–Trinajstić information content (AvgIpc) is 2.94. The summed E-state index contributed by atoms with van der Waals surface area (Å²) in [6.45, 7) is 0. The maximum Gasteiger partial charge on any atom is 0.335 e. The Morgan fingerprint density at radius 2 is 1.57 bits per heavy atom. The molecule has 1 aromatic carbocycles. The third kappa shape index (κ3) is 2.81. The second-order valence-corrected chi connectivity index (χ2v) is 6.30. The van der Waals surface area contributed by atoms with Gasteiger partial charge >= 0.3 is 11.9 Å². The number of hydrogen-bond donors (Lipinski definition) is 2. The van der Waals surface area contributed by atoms with Crippen LogP contribution in [-0.4, -0.2) is 45.0 Å². The van der Waals surface area contributed by atoms with Crippen molar-refractivity contribution in [3.8, 4) is 0 Å². The highest BCUT2D eigenvalue weighted by Crippen LogP contribution is 2.40. The van der Waals surface area contributed by atoms with Gasteiger partial charge in [-0.2, -0.15) is 0 Å². The molecule has 1 heterocycles. The highest BCUT2D eigenvalue weighted by atomic mass is 16.4. The Hall–Kier alpha value is -2.37. The molecular weight excluding hydrogens is 298 g/mol. The minimum absolute atomic E-state index is 0.0171. The molecule has 122 valence electrons. The van der Waals surface area contributed by atoms with Crippen molar-refractivity contribution in [2.45, 2.75) is 44.2 Å². The van der Waals surface area contributed by atoms with Gasteiger partial charge in [0.2, 0.25) is 0 Å². The molecule has 0 aromatic heterocycles. The summed E-state index contributed by atoms with van der Waals surface area (Å²) in [6.07, 6.45) is 4.42. The smallest absolute Gasteiger partial charge is 0.335 e. The number of aliphatic carboxylic acids is 1. The fourth-order valence-corrected chi connectivity index (χ4v) is 3.88. The van der Waals surface area contributed by atoms with E-state index in [9.17, 15) is 19.5 Å². The molecule has 2 N–H and O–H groups in total. The van der Waals surface area contributed by atoms with Crippen molar-refractivity contribution in [1.29, 1.82) is 0 Å². The van der Waals surface area contributed by atoms with E-state index in [1.807, 2.05) is 0 Å².